The maximum atomic E-state index is 4.18. The molecule has 1 heteroatoms. The molecule has 6 rings (SSSR count). The van der Waals surface area contributed by atoms with E-state index in [0.29, 0.717) is 0 Å². The van der Waals surface area contributed by atoms with Crippen molar-refractivity contribution in [3.63, 3.8) is 0 Å². The number of aryl methyl sites for hydroxylation is 3. The van der Waals surface area contributed by atoms with Crippen LogP contribution in [0.5, 0.6) is 0 Å². The van der Waals surface area contributed by atoms with E-state index in [1.807, 2.05) is 30.5 Å². The zero-order valence-electron chi connectivity index (χ0n) is 17.8. The number of para-hydroxylation sites is 1. The summed E-state index contributed by atoms with van der Waals surface area (Å²) in [6, 6.07) is 21.4. The van der Waals surface area contributed by atoms with E-state index in [0.717, 1.165) is 5.52 Å². The van der Waals surface area contributed by atoms with Crippen molar-refractivity contribution >= 4 is 27.2 Å². The van der Waals surface area contributed by atoms with Gasteiger partial charge in [0.25, 0.3) is 0 Å². The van der Waals surface area contributed by atoms with Gasteiger partial charge in [0.05, 0.1) is 5.52 Å². The van der Waals surface area contributed by atoms with Gasteiger partial charge in [0.1, 0.15) is 0 Å². The Labute approximate surface area is 178 Å². The molecule has 30 heavy (non-hydrogen) atoms. The van der Waals surface area contributed by atoms with E-state index in [1.165, 1.54) is 64.1 Å². The van der Waals surface area contributed by atoms with Crippen molar-refractivity contribution in [3.05, 3.63) is 107 Å². The first-order valence-corrected chi connectivity index (χ1v) is 10.9. The summed E-state index contributed by atoms with van der Waals surface area (Å²) in [6.45, 7) is 4.45. The Morgan fingerprint density at radius 1 is 0.800 bits per heavy atom. The van der Waals surface area contributed by atoms with Gasteiger partial charge >= 0.3 is 0 Å². The predicted molar refractivity (Wildman–Crippen MR) is 129 cm³/mol. The van der Waals surface area contributed by atoms with Crippen molar-refractivity contribution in [2.45, 2.75) is 39.5 Å². The van der Waals surface area contributed by atoms with E-state index < -0.39 is 0 Å². The molecule has 1 nitrogen and oxygen atoms in total. The van der Waals surface area contributed by atoms with E-state index in [2.05, 4.69) is 67.4 Å². The second-order valence-corrected chi connectivity index (χ2v) is 8.43. The maximum absolute atomic E-state index is 4.18. The molecule has 0 amide bonds. The summed E-state index contributed by atoms with van der Waals surface area (Å²) >= 11 is 0. The highest BCUT2D eigenvalue weighted by Gasteiger charge is 2.21. The molecule has 148 valence electrons. The largest absolute Gasteiger partial charge is 0.256 e. The normalized spacial score (nSPS) is 14.9. The second-order valence-electron chi connectivity index (χ2n) is 8.43. The third-order valence-corrected chi connectivity index (χ3v) is 6.32. The molecular weight excluding hydrogens is 362 g/mol. The molecule has 0 saturated heterocycles. The lowest BCUT2D eigenvalue weighted by Gasteiger charge is -2.26. The standard InChI is InChI=1S/C20H20.C9H7N/c1-13-11-14(2)20-16(12-13)8-9-18-17-6-4-3-5-15(17)7-10-19(18)20;1-2-6-9-8(4-1)5-3-7-10-9/h4,6,8-9,11-12H,3,5,7,10H2,1-2H3;1-7H. The molecule has 3 aromatic carbocycles. The summed E-state index contributed by atoms with van der Waals surface area (Å²) in [6.07, 6.45) is 11.4. The molecule has 0 N–H and O–H groups in total. The van der Waals surface area contributed by atoms with Gasteiger partial charge in [0.15, 0.2) is 0 Å². The molecule has 0 saturated carbocycles. The molecule has 1 aromatic heterocycles. The molecule has 2 aliphatic carbocycles. The third-order valence-electron chi connectivity index (χ3n) is 6.32. The van der Waals surface area contributed by atoms with Crippen molar-refractivity contribution in [2.24, 2.45) is 0 Å². The van der Waals surface area contributed by atoms with Crippen LogP contribution in [0.2, 0.25) is 0 Å². The molecular formula is C29H27N. The molecule has 0 aliphatic heterocycles. The van der Waals surface area contributed by atoms with Crippen LogP contribution in [0.1, 0.15) is 41.5 Å². The van der Waals surface area contributed by atoms with E-state index in [4.69, 9.17) is 0 Å². The lowest BCUT2D eigenvalue weighted by Crippen LogP contribution is -2.07. The Hall–Kier alpha value is -3.19. The minimum atomic E-state index is 1.06. The van der Waals surface area contributed by atoms with Gasteiger partial charge < -0.3 is 0 Å². The number of hydrogen-bond donors (Lipinski definition) is 0. The van der Waals surface area contributed by atoms with Crippen molar-refractivity contribution in [2.75, 3.05) is 0 Å². The van der Waals surface area contributed by atoms with E-state index in [9.17, 15) is 0 Å². The lowest BCUT2D eigenvalue weighted by atomic mass is 9.79. The van der Waals surface area contributed by atoms with Gasteiger partial charge in [0.2, 0.25) is 0 Å². The Morgan fingerprint density at radius 2 is 1.67 bits per heavy atom. The monoisotopic (exact) mass is 389 g/mol. The van der Waals surface area contributed by atoms with Gasteiger partial charge in [0, 0.05) is 11.6 Å². The predicted octanol–water partition coefficient (Wildman–Crippen LogP) is 7.74. The van der Waals surface area contributed by atoms with E-state index >= 15 is 0 Å². The van der Waals surface area contributed by atoms with Crippen LogP contribution in [0.4, 0.5) is 0 Å². The second kappa shape index (κ2) is 7.91. The van der Waals surface area contributed by atoms with Crippen LogP contribution < -0.4 is 0 Å². The van der Waals surface area contributed by atoms with Crippen molar-refractivity contribution < 1.29 is 0 Å². The number of nitrogens with zero attached hydrogens (tertiary/aromatic N) is 1. The molecule has 0 unspecified atom stereocenters. The number of rotatable bonds is 0. The highest BCUT2D eigenvalue weighted by Crippen LogP contribution is 2.40. The van der Waals surface area contributed by atoms with Crippen molar-refractivity contribution in [1.82, 2.24) is 4.98 Å². The fourth-order valence-corrected chi connectivity index (χ4v) is 5.01. The van der Waals surface area contributed by atoms with Gasteiger partial charge in [-0.3, -0.25) is 4.98 Å². The van der Waals surface area contributed by atoms with Gasteiger partial charge in [-0.25, -0.2) is 0 Å². The molecule has 0 bridgehead atoms. The maximum Gasteiger partial charge on any atom is 0.0701 e. The molecule has 0 spiro atoms. The topological polar surface area (TPSA) is 12.9 Å². The highest BCUT2D eigenvalue weighted by molar-refractivity contribution is 5.96. The number of pyridine rings is 1. The first kappa shape index (κ1) is 18.8. The van der Waals surface area contributed by atoms with E-state index in [1.54, 1.807) is 11.1 Å². The molecule has 0 atom stereocenters. The first-order chi connectivity index (χ1) is 14.7. The van der Waals surface area contributed by atoms with Crippen molar-refractivity contribution in [3.8, 4) is 0 Å². The fourth-order valence-electron chi connectivity index (χ4n) is 5.01. The molecule has 0 fully saturated rings. The summed E-state index contributed by atoms with van der Waals surface area (Å²) in [5, 5.41) is 4.11. The van der Waals surface area contributed by atoms with Crippen LogP contribution in [0.15, 0.2) is 84.6 Å². The minimum absolute atomic E-state index is 1.06. The molecule has 4 aromatic rings. The van der Waals surface area contributed by atoms with Crippen LogP contribution in [0.25, 0.3) is 27.2 Å². The van der Waals surface area contributed by atoms with Gasteiger partial charge in [-0.15, -0.1) is 0 Å². The van der Waals surface area contributed by atoms with Crippen LogP contribution in [0.3, 0.4) is 0 Å². The zero-order chi connectivity index (χ0) is 20.5. The third kappa shape index (κ3) is 3.45. The summed E-state index contributed by atoms with van der Waals surface area (Å²) in [5.41, 5.74) is 10.1. The zero-order valence-corrected chi connectivity index (χ0v) is 17.8. The molecule has 0 radical (unpaired) electrons. The summed E-state index contributed by atoms with van der Waals surface area (Å²) in [5.74, 6) is 0. The van der Waals surface area contributed by atoms with Gasteiger partial charge in [-0.1, -0.05) is 71.8 Å². The molecule has 2 aliphatic rings. The average Bonchev–Trinajstić information content (AvgIpc) is 2.78. The lowest BCUT2D eigenvalue weighted by molar-refractivity contribution is 0.831. The first-order valence-electron chi connectivity index (χ1n) is 10.9. The Morgan fingerprint density at radius 3 is 2.57 bits per heavy atom. The summed E-state index contributed by atoms with van der Waals surface area (Å²) in [7, 11) is 0. The number of aromatic nitrogens is 1. The average molecular weight is 390 g/mol. The fraction of sp³-hybridized carbons (Fsp3) is 0.207. The Kier molecular flexibility index (Phi) is 4.96. The number of allylic oxidation sites excluding steroid dienone is 4. The molecule has 1 heterocycles. The SMILES string of the molecule is Cc1cc(C)c2c3c(ccc2c1)C1=C(CCC=C1)CC3.c1ccc2ncccc2c1. The van der Waals surface area contributed by atoms with E-state index in [-0.39, 0.29) is 0 Å². The van der Waals surface area contributed by atoms with Crippen LogP contribution >= 0.6 is 0 Å². The van der Waals surface area contributed by atoms with Crippen LogP contribution in [-0.4, -0.2) is 4.98 Å². The van der Waals surface area contributed by atoms with Crippen LogP contribution in [-0.2, 0) is 6.42 Å². The number of fused-ring (bicyclic) bond motifs is 5. The summed E-state index contributed by atoms with van der Waals surface area (Å²) < 4.78 is 0. The van der Waals surface area contributed by atoms with Crippen LogP contribution in [0, 0.1) is 13.8 Å². The van der Waals surface area contributed by atoms with Gasteiger partial charge in [-0.05, 0) is 84.7 Å². The quantitative estimate of drug-likeness (QED) is 0.300. The van der Waals surface area contributed by atoms with Gasteiger partial charge in [-0.2, -0.15) is 0 Å². The Bertz CT molecular complexity index is 1240. The minimum Gasteiger partial charge on any atom is -0.256 e. The summed E-state index contributed by atoms with van der Waals surface area (Å²) in [4.78, 5) is 4.18. The Balaban J connectivity index is 0.000000161. The number of benzene rings is 3. The van der Waals surface area contributed by atoms with Crippen molar-refractivity contribution in [1.29, 1.82) is 0 Å². The smallest absolute Gasteiger partial charge is 0.0701 e. The highest BCUT2D eigenvalue weighted by atomic mass is 14.6. The number of hydrogen-bond acceptors (Lipinski definition) is 1.